The molecule has 0 unspecified atom stereocenters. The van der Waals surface area contributed by atoms with E-state index in [4.69, 9.17) is 4.74 Å². The van der Waals surface area contributed by atoms with Crippen LogP contribution in [-0.2, 0) is 17.6 Å². The minimum absolute atomic E-state index is 0.347. The predicted octanol–water partition coefficient (Wildman–Crippen LogP) is 2.54. The maximum atomic E-state index is 11.7. The Labute approximate surface area is 105 Å². The van der Waals surface area contributed by atoms with Crippen molar-refractivity contribution in [2.24, 2.45) is 0 Å². The molecule has 1 aliphatic rings. The number of aryl methyl sites for hydroxylation is 1. The minimum atomic E-state index is -0.347. The van der Waals surface area contributed by atoms with E-state index in [1.807, 2.05) is 6.07 Å². The van der Waals surface area contributed by atoms with Crippen molar-refractivity contribution >= 4 is 16.9 Å². The highest BCUT2D eigenvalue weighted by molar-refractivity contribution is 5.96. The molecular formula is C14H15NO3. The molecule has 0 fully saturated rings. The highest BCUT2D eigenvalue weighted by Gasteiger charge is 2.22. The van der Waals surface area contributed by atoms with E-state index in [-0.39, 0.29) is 5.97 Å². The molecule has 4 heteroatoms. The molecule has 0 radical (unpaired) electrons. The van der Waals surface area contributed by atoms with Crippen LogP contribution in [0.5, 0.6) is 0 Å². The normalized spacial score (nSPS) is 13.8. The number of carbonyl (C=O) groups excluding carboxylic acids is 1. The van der Waals surface area contributed by atoms with Gasteiger partial charge in [-0.25, -0.2) is 4.79 Å². The average Bonchev–Trinajstić information content (AvgIpc) is 2.94. The molecule has 1 aromatic heterocycles. The van der Waals surface area contributed by atoms with Crippen molar-refractivity contribution in [2.75, 3.05) is 6.61 Å². The number of nitrogens with zero attached hydrogens (tertiary/aromatic N) is 1. The molecule has 0 saturated carbocycles. The molecule has 4 nitrogen and oxygen atoms in total. The van der Waals surface area contributed by atoms with E-state index >= 15 is 0 Å². The summed E-state index contributed by atoms with van der Waals surface area (Å²) < 4.78 is 6.19. The molecule has 1 N–H and O–H groups in total. The number of hydrogen-bond acceptors (Lipinski definition) is 3. The standard InChI is InChI=1S/C14H15NO3/c1-2-18-14(16)9-6-7-11-10-4-3-5-12(10)15(17)13(11)8-9/h6-8,17H,2-5H2,1H3. The lowest BCUT2D eigenvalue weighted by Crippen LogP contribution is -2.04. The second kappa shape index (κ2) is 4.05. The summed E-state index contributed by atoms with van der Waals surface area (Å²) in [6.07, 6.45) is 2.98. The summed E-state index contributed by atoms with van der Waals surface area (Å²) in [4.78, 5) is 11.7. The number of hydrogen-bond donors (Lipinski definition) is 1. The molecule has 0 bridgehead atoms. The Kier molecular flexibility index (Phi) is 2.51. The van der Waals surface area contributed by atoms with Crippen LogP contribution in [0.2, 0.25) is 0 Å². The maximum Gasteiger partial charge on any atom is 0.338 e. The summed E-state index contributed by atoms with van der Waals surface area (Å²) in [6.45, 7) is 2.13. The number of carbonyl (C=O) groups is 1. The lowest BCUT2D eigenvalue weighted by molar-refractivity contribution is 0.0526. The van der Waals surface area contributed by atoms with E-state index in [0.717, 1.165) is 30.3 Å². The fraction of sp³-hybridized carbons (Fsp3) is 0.357. The number of aromatic nitrogens is 1. The van der Waals surface area contributed by atoms with Crippen LogP contribution in [0.15, 0.2) is 18.2 Å². The first-order valence-corrected chi connectivity index (χ1v) is 6.25. The lowest BCUT2D eigenvalue weighted by atomic mass is 10.1. The first-order chi connectivity index (χ1) is 8.72. The van der Waals surface area contributed by atoms with Gasteiger partial charge in [-0.2, -0.15) is 4.73 Å². The number of benzene rings is 1. The molecule has 0 aliphatic heterocycles. The van der Waals surface area contributed by atoms with E-state index in [0.29, 0.717) is 17.7 Å². The molecule has 18 heavy (non-hydrogen) atoms. The Hall–Kier alpha value is -1.97. The summed E-state index contributed by atoms with van der Waals surface area (Å²) in [7, 11) is 0. The molecule has 0 amide bonds. The molecule has 1 aromatic carbocycles. The largest absolute Gasteiger partial charge is 0.462 e. The monoisotopic (exact) mass is 245 g/mol. The zero-order valence-electron chi connectivity index (χ0n) is 10.3. The summed E-state index contributed by atoms with van der Waals surface area (Å²) in [5, 5.41) is 11.2. The summed E-state index contributed by atoms with van der Waals surface area (Å²) >= 11 is 0. The first-order valence-electron chi connectivity index (χ1n) is 6.25. The van der Waals surface area contributed by atoms with E-state index in [2.05, 4.69) is 0 Å². The van der Waals surface area contributed by atoms with Crippen LogP contribution in [0, 0.1) is 0 Å². The van der Waals surface area contributed by atoms with Gasteiger partial charge < -0.3 is 9.94 Å². The van der Waals surface area contributed by atoms with E-state index in [1.165, 1.54) is 10.3 Å². The maximum absolute atomic E-state index is 11.7. The number of esters is 1. The fourth-order valence-electron chi connectivity index (χ4n) is 2.70. The topological polar surface area (TPSA) is 51.5 Å². The SMILES string of the molecule is CCOC(=O)c1ccc2c3c(n(O)c2c1)CCC3. The predicted molar refractivity (Wildman–Crippen MR) is 67.1 cm³/mol. The van der Waals surface area contributed by atoms with Crippen molar-refractivity contribution in [3.05, 3.63) is 35.0 Å². The number of fused-ring (bicyclic) bond motifs is 3. The lowest BCUT2D eigenvalue weighted by Gasteiger charge is -2.03. The number of ether oxygens (including phenoxy) is 1. The van der Waals surface area contributed by atoms with Crippen LogP contribution in [-0.4, -0.2) is 22.5 Å². The van der Waals surface area contributed by atoms with Gasteiger partial charge in [0, 0.05) is 5.39 Å². The molecule has 0 saturated heterocycles. The molecular weight excluding hydrogens is 230 g/mol. The molecule has 3 rings (SSSR count). The van der Waals surface area contributed by atoms with E-state index in [9.17, 15) is 10.0 Å². The minimum Gasteiger partial charge on any atom is -0.462 e. The Morgan fingerprint density at radius 3 is 3.06 bits per heavy atom. The summed E-state index contributed by atoms with van der Waals surface area (Å²) in [5.41, 5.74) is 3.37. The van der Waals surface area contributed by atoms with Gasteiger partial charge in [0.25, 0.3) is 0 Å². The highest BCUT2D eigenvalue weighted by atomic mass is 16.5. The van der Waals surface area contributed by atoms with Crippen LogP contribution in [0.1, 0.15) is 35.0 Å². The smallest absolute Gasteiger partial charge is 0.338 e. The Morgan fingerprint density at radius 1 is 1.44 bits per heavy atom. The summed E-state index contributed by atoms with van der Waals surface area (Å²) in [6, 6.07) is 5.36. The highest BCUT2D eigenvalue weighted by Crippen LogP contribution is 2.32. The Bertz CT molecular complexity index is 627. The number of rotatable bonds is 2. The second-order valence-electron chi connectivity index (χ2n) is 4.54. The van der Waals surface area contributed by atoms with Crippen LogP contribution in [0.3, 0.4) is 0 Å². The quantitative estimate of drug-likeness (QED) is 0.653. The molecule has 0 atom stereocenters. The average molecular weight is 245 g/mol. The third-order valence-electron chi connectivity index (χ3n) is 3.51. The zero-order chi connectivity index (χ0) is 12.7. The van der Waals surface area contributed by atoms with Crippen molar-refractivity contribution in [2.45, 2.75) is 26.2 Å². The van der Waals surface area contributed by atoms with Gasteiger partial charge in [-0.3, -0.25) is 0 Å². The Morgan fingerprint density at radius 2 is 2.28 bits per heavy atom. The molecule has 1 heterocycles. The Balaban J connectivity index is 2.13. The van der Waals surface area contributed by atoms with E-state index < -0.39 is 0 Å². The molecule has 1 aliphatic carbocycles. The zero-order valence-corrected chi connectivity index (χ0v) is 10.3. The van der Waals surface area contributed by atoms with Crippen LogP contribution >= 0.6 is 0 Å². The van der Waals surface area contributed by atoms with Gasteiger partial charge in [-0.15, -0.1) is 0 Å². The van der Waals surface area contributed by atoms with Crippen molar-refractivity contribution in [1.29, 1.82) is 0 Å². The van der Waals surface area contributed by atoms with Crippen molar-refractivity contribution in [3.8, 4) is 0 Å². The van der Waals surface area contributed by atoms with Gasteiger partial charge in [0.05, 0.1) is 23.4 Å². The van der Waals surface area contributed by atoms with Crippen LogP contribution < -0.4 is 0 Å². The second-order valence-corrected chi connectivity index (χ2v) is 4.54. The third-order valence-corrected chi connectivity index (χ3v) is 3.51. The van der Waals surface area contributed by atoms with Crippen LogP contribution in [0.4, 0.5) is 0 Å². The third kappa shape index (κ3) is 1.49. The molecule has 2 aromatic rings. The fourth-order valence-corrected chi connectivity index (χ4v) is 2.70. The van der Waals surface area contributed by atoms with Crippen molar-refractivity contribution in [3.63, 3.8) is 0 Å². The van der Waals surface area contributed by atoms with Gasteiger partial charge in [0.15, 0.2) is 0 Å². The van der Waals surface area contributed by atoms with Gasteiger partial charge in [-0.05, 0) is 43.9 Å². The first kappa shape index (κ1) is 11.1. The van der Waals surface area contributed by atoms with Crippen molar-refractivity contribution < 1.29 is 14.7 Å². The molecule has 0 spiro atoms. The van der Waals surface area contributed by atoms with Crippen molar-refractivity contribution in [1.82, 2.24) is 4.73 Å². The molecule has 94 valence electrons. The van der Waals surface area contributed by atoms with Gasteiger partial charge >= 0.3 is 5.97 Å². The van der Waals surface area contributed by atoms with Crippen LogP contribution in [0.25, 0.3) is 10.9 Å². The van der Waals surface area contributed by atoms with E-state index in [1.54, 1.807) is 19.1 Å². The van der Waals surface area contributed by atoms with Gasteiger partial charge in [0.1, 0.15) is 0 Å². The van der Waals surface area contributed by atoms with Gasteiger partial charge in [-0.1, -0.05) is 6.07 Å². The summed E-state index contributed by atoms with van der Waals surface area (Å²) in [5.74, 6) is -0.347. The van der Waals surface area contributed by atoms with Gasteiger partial charge in [0.2, 0.25) is 0 Å².